The lowest BCUT2D eigenvalue weighted by molar-refractivity contribution is -0.135. The van der Waals surface area contributed by atoms with Gasteiger partial charge in [0, 0.05) is 34.0 Å². The number of unbranched alkanes of at least 4 members (excludes halogenated alkanes) is 3. The van der Waals surface area contributed by atoms with E-state index in [1.165, 1.54) is 12.1 Å². The molecule has 3 atom stereocenters. The molecular weight excluding hydrogens is 728 g/mol. The zero-order chi connectivity index (χ0) is 37.8. The van der Waals surface area contributed by atoms with Gasteiger partial charge < -0.3 is 14.8 Å². The van der Waals surface area contributed by atoms with E-state index in [9.17, 15) is 18.0 Å². The molecule has 1 fully saturated rings. The summed E-state index contributed by atoms with van der Waals surface area (Å²) in [7, 11) is -3.88. The first-order valence-corrected chi connectivity index (χ1v) is 20.6. The number of amides is 2. The molecule has 0 radical (unpaired) electrons. The van der Waals surface area contributed by atoms with Crippen LogP contribution in [0.2, 0.25) is 10.0 Å². The molecule has 52 heavy (non-hydrogen) atoms. The summed E-state index contributed by atoms with van der Waals surface area (Å²) < 4.78 is 54.1. The molecule has 2 N–H and O–H groups in total. The van der Waals surface area contributed by atoms with E-state index in [-0.39, 0.29) is 26.0 Å². The van der Waals surface area contributed by atoms with Crippen LogP contribution in [-0.4, -0.2) is 52.0 Å². The molecule has 5 rings (SSSR count). The van der Waals surface area contributed by atoms with Crippen molar-refractivity contribution in [1.29, 1.82) is 0 Å². The fraction of sp³-hybridized carbons (Fsp3) is 0.487. The maximum Gasteiger partial charge on any atom is 0.414 e. The van der Waals surface area contributed by atoms with Crippen molar-refractivity contribution < 1.29 is 31.9 Å². The van der Waals surface area contributed by atoms with Crippen molar-refractivity contribution in [3.8, 4) is 5.75 Å². The predicted octanol–water partition coefficient (Wildman–Crippen LogP) is 8.75. The van der Waals surface area contributed by atoms with E-state index in [0.717, 1.165) is 48.6 Å². The molecule has 2 aliphatic heterocycles. The topological polar surface area (TPSA) is 114 Å². The second-order valence-electron chi connectivity index (χ2n) is 13.9. The summed E-state index contributed by atoms with van der Waals surface area (Å²) in [6.07, 6.45) is 5.09. The number of ether oxygens (including phenoxy) is 2. The van der Waals surface area contributed by atoms with Gasteiger partial charge in [0.15, 0.2) is 5.60 Å². The maximum atomic E-state index is 15.1. The van der Waals surface area contributed by atoms with Crippen molar-refractivity contribution in [1.82, 2.24) is 10.0 Å². The van der Waals surface area contributed by atoms with Crippen LogP contribution in [0.25, 0.3) is 0 Å². The number of piperidine rings is 1. The number of carbonyl (C=O) groups excluding carboxylic acids is 2. The molecule has 0 aliphatic carbocycles. The van der Waals surface area contributed by atoms with Crippen molar-refractivity contribution in [3.05, 3.63) is 92.7 Å². The lowest BCUT2D eigenvalue weighted by Crippen LogP contribution is -2.55. The van der Waals surface area contributed by atoms with Crippen LogP contribution in [0.5, 0.6) is 5.75 Å². The normalized spacial score (nSPS) is 20.1. The second-order valence-corrected chi connectivity index (χ2v) is 16.5. The van der Waals surface area contributed by atoms with Crippen molar-refractivity contribution in [2.24, 2.45) is 0 Å². The number of fused-ring (bicyclic) bond motifs is 2. The smallest absolute Gasteiger partial charge is 0.414 e. The lowest BCUT2D eigenvalue weighted by atomic mass is 9.59. The zero-order valence-electron chi connectivity index (χ0n) is 30.4. The van der Waals surface area contributed by atoms with Crippen LogP contribution in [0, 0.1) is 12.7 Å². The molecule has 13 heteroatoms. The summed E-state index contributed by atoms with van der Waals surface area (Å²) in [5.74, 6) is -1.23. The highest BCUT2D eigenvalue weighted by atomic mass is 35.5. The van der Waals surface area contributed by atoms with Gasteiger partial charge in [-0.25, -0.2) is 22.3 Å². The summed E-state index contributed by atoms with van der Waals surface area (Å²) in [5, 5.41) is 4.55. The number of carbonyl (C=O) groups is 2. The summed E-state index contributed by atoms with van der Waals surface area (Å²) in [5.41, 5.74) is 1.19. The molecule has 9 nitrogen and oxygen atoms in total. The minimum absolute atomic E-state index is 0.155. The number of aryl methyl sites for hydroxylation is 1. The van der Waals surface area contributed by atoms with Crippen LogP contribution in [0.1, 0.15) is 99.9 Å². The average Bonchev–Trinajstić information content (AvgIpc) is 3.42. The molecule has 3 aromatic rings. The molecule has 0 aromatic heterocycles. The van der Waals surface area contributed by atoms with Crippen molar-refractivity contribution >= 4 is 50.9 Å². The summed E-state index contributed by atoms with van der Waals surface area (Å²) in [6.45, 7) is 8.51. The average molecular weight is 777 g/mol. The Labute approximate surface area is 316 Å². The van der Waals surface area contributed by atoms with E-state index in [4.69, 9.17) is 32.7 Å². The molecule has 3 aromatic carbocycles. The highest BCUT2D eigenvalue weighted by Gasteiger charge is 2.58. The third-order valence-corrected chi connectivity index (χ3v) is 11.6. The Kier molecular flexibility index (Phi) is 12.5. The minimum atomic E-state index is -3.88. The molecule has 2 heterocycles. The third-order valence-electron chi connectivity index (χ3n) is 10.6. The standard InChI is InChI=1S/C39H48Cl2FN3O6S/c1-6-9-10-11-20-50-37(47)45-24-39(32-16-13-27(41)22-33(32)45)31(18-19-43-35(39)29-23-28(42)15-12-25(29)4)30-21-26(40)14-17-34(30)51-38(7-2,8-3)36(46)44-52(5,48)49/h12-17,21-23,31,35,43H,6-11,18-20,24H2,1-5H3,(H,44,46)/t31-,35-,39-/m0/s1. The van der Waals surface area contributed by atoms with Gasteiger partial charge in [0.2, 0.25) is 10.0 Å². The van der Waals surface area contributed by atoms with Gasteiger partial charge in [0.25, 0.3) is 5.91 Å². The van der Waals surface area contributed by atoms with Crippen molar-refractivity contribution in [2.45, 2.75) is 95.6 Å². The number of hydrogen-bond acceptors (Lipinski definition) is 7. The quantitative estimate of drug-likeness (QED) is 0.167. The number of nitrogens with one attached hydrogen (secondary N) is 2. The largest absolute Gasteiger partial charge is 0.477 e. The van der Waals surface area contributed by atoms with E-state index in [1.807, 2.05) is 13.0 Å². The van der Waals surface area contributed by atoms with Gasteiger partial charge in [0.05, 0.1) is 18.6 Å². The van der Waals surface area contributed by atoms with Crippen LogP contribution in [-0.2, 0) is 25.0 Å². The molecular formula is C39H48Cl2FN3O6S. The Morgan fingerprint density at radius 1 is 1.00 bits per heavy atom. The van der Waals surface area contributed by atoms with E-state index in [1.54, 1.807) is 55.1 Å². The van der Waals surface area contributed by atoms with Gasteiger partial charge in [-0.05, 0) is 104 Å². The monoisotopic (exact) mass is 775 g/mol. The Bertz CT molecular complexity index is 1910. The van der Waals surface area contributed by atoms with E-state index in [0.29, 0.717) is 40.0 Å². The summed E-state index contributed by atoms with van der Waals surface area (Å²) in [6, 6.07) is 14.8. The van der Waals surface area contributed by atoms with Gasteiger partial charge >= 0.3 is 6.09 Å². The van der Waals surface area contributed by atoms with Crippen LogP contribution < -0.4 is 19.7 Å². The number of nitrogens with zero attached hydrogens (tertiary/aromatic N) is 1. The van der Waals surface area contributed by atoms with Crippen molar-refractivity contribution in [2.75, 3.05) is 30.9 Å². The first-order chi connectivity index (χ1) is 24.7. The van der Waals surface area contributed by atoms with E-state index < -0.39 is 50.8 Å². The highest BCUT2D eigenvalue weighted by Crippen LogP contribution is 2.60. The van der Waals surface area contributed by atoms with Crippen LogP contribution >= 0.6 is 23.2 Å². The second kappa shape index (κ2) is 16.3. The summed E-state index contributed by atoms with van der Waals surface area (Å²) >= 11 is 13.3. The number of sulfonamides is 1. The fourth-order valence-electron chi connectivity index (χ4n) is 7.90. The number of halogens is 3. The van der Waals surface area contributed by atoms with Crippen LogP contribution in [0.4, 0.5) is 14.9 Å². The number of rotatable bonds is 13. The molecule has 2 aliphatic rings. The van der Waals surface area contributed by atoms with Crippen LogP contribution in [0.15, 0.2) is 54.6 Å². The first-order valence-electron chi connectivity index (χ1n) is 17.9. The first kappa shape index (κ1) is 39.8. The van der Waals surface area contributed by atoms with Gasteiger partial charge in [-0.1, -0.05) is 75.4 Å². The van der Waals surface area contributed by atoms with E-state index in [2.05, 4.69) is 17.0 Å². The van der Waals surface area contributed by atoms with Crippen LogP contribution in [0.3, 0.4) is 0 Å². The fourth-order valence-corrected chi connectivity index (χ4v) is 8.77. The Morgan fingerprint density at radius 2 is 1.71 bits per heavy atom. The molecule has 0 saturated carbocycles. The van der Waals surface area contributed by atoms with Gasteiger partial charge in [-0.15, -0.1) is 0 Å². The molecule has 0 bridgehead atoms. The third kappa shape index (κ3) is 8.07. The molecule has 1 saturated heterocycles. The van der Waals surface area contributed by atoms with Gasteiger partial charge in [-0.2, -0.15) is 0 Å². The van der Waals surface area contributed by atoms with Crippen molar-refractivity contribution in [3.63, 3.8) is 0 Å². The number of benzene rings is 3. The van der Waals surface area contributed by atoms with Gasteiger partial charge in [-0.3, -0.25) is 9.69 Å². The summed E-state index contributed by atoms with van der Waals surface area (Å²) in [4.78, 5) is 29.2. The lowest BCUT2D eigenvalue weighted by Gasteiger charge is -2.49. The SMILES string of the molecule is CCCCCCOC(=O)N1C[C@@]2(c3ccc(Cl)cc31)[C@H](c1cc(Cl)ccc1OC(CC)(CC)C(=O)NS(C)(=O)=O)CCN[C@H]2c1cc(F)ccc1C. The molecule has 2 amide bonds. The predicted molar refractivity (Wildman–Crippen MR) is 204 cm³/mol. The Hall–Kier alpha value is -3.38. The van der Waals surface area contributed by atoms with E-state index >= 15 is 4.39 Å². The van der Waals surface area contributed by atoms with Gasteiger partial charge in [0.1, 0.15) is 11.6 Å². The molecule has 282 valence electrons. The highest BCUT2D eigenvalue weighted by molar-refractivity contribution is 7.89. The minimum Gasteiger partial charge on any atom is -0.477 e. The maximum absolute atomic E-state index is 15.1. The Morgan fingerprint density at radius 3 is 2.40 bits per heavy atom. The molecule has 0 unspecified atom stereocenters. The zero-order valence-corrected chi connectivity index (χ0v) is 32.7. The Balaban J connectivity index is 1.71. The number of anilines is 1. The number of hydrogen-bond donors (Lipinski definition) is 2. The molecule has 1 spiro atoms.